The van der Waals surface area contributed by atoms with Gasteiger partial charge in [-0.15, -0.1) is 0 Å². The van der Waals surface area contributed by atoms with Crippen LogP contribution in [0.1, 0.15) is 316 Å². The fourth-order valence-electron chi connectivity index (χ4n) is 13.2. The fourth-order valence-corrected chi connectivity index (χ4v) is 13.2. The third-order valence-electron chi connectivity index (χ3n) is 19.3. The highest BCUT2D eigenvalue weighted by atomic mass is 16.8. The lowest BCUT2D eigenvalue weighted by molar-refractivity contribution is -0.379. The third-order valence-corrected chi connectivity index (χ3v) is 19.3. The number of amides is 1. The van der Waals surface area contributed by atoms with Crippen LogP contribution in [-0.2, 0) is 33.2 Å². The molecule has 3 fully saturated rings. The minimum atomic E-state index is -1.98. The number of carbonyl (C=O) groups is 1. The van der Waals surface area contributed by atoms with Crippen LogP contribution in [0.15, 0.2) is 12.2 Å². The van der Waals surface area contributed by atoms with Gasteiger partial charge in [0, 0.05) is 6.42 Å². The van der Waals surface area contributed by atoms with E-state index in [0.29, 0.717) is 6.42 Å². The molecule has 3 aliphatic rings. The number of rotatable bonds is 60. The number of hydrogen-bond acceptors (Lipinski definition) is 18. The Hall–Kier alpha value is -1.47. The van der Waals surface area contributed by atoms with E-state index in [9.17, 15) is 61.0 Å². The Morgan fingerprint density at radius 3 is 1.02 bits per heavy atom. The number of nitrogens with one attached hydrogen (secondary N) is 1. The number of unbranched alkanes of at least 4 members (excludes halogenated alkanes) is 44. The fraction of sp³-hybridized carbons (Fsp3) is 0.959. The van der Waals surface area contributed by atoms with Gasteiger partial charge >= 0.3 is 0 Å². The van der Waals surface area contributed by atoms with Crippen LogP contribution in [0.3, 0.4) is 0 Å². The summed E-state index contributed by atoms with van der Waals surface area (Å²) in [5.41, 5.74) is 0. The summed E-state index contributed by atoms with van der Waals surface area (Å²) >= 11 is 0. The van der Waals surface area contributed by atoms with Crippen molar-refractivity contribution in [2.24, 2.45) is 0 Å². The van der Waals surface area contributed by atoms with Crippen molar-refractivity contribution in [1.82, 2.24) is 5.32 Å². The molecule has 3 saturated heterocycles. The van der Waals surface area contributed by atoms with Crippen LogP contribution in [0.2, 0.25) is 0 Å². The lowest BCUT2D eigenvalue weighted by Crippen LogP contribution is -2.66. The molecule has 92 heavy (non-hydrogen) atoms. The number of aliphatic hydroxyl groups is 11. The molecule has 0 saturated carbocycles. The maximum absolute atomic E-state index is 13.4. The van der Waals surface area contributed by atoms with Gasteiger partial charge in [0.2, 0.25) is 5.91 Å². The average Bonchev–Trinajstić information content (AvgIpc) is 0.837. The van der Waals surface area contributed by atoms with Crippen LogP contribution >= 0.6 is 0 Å². The van der Waals surface area contributed by atoms with E-state index in [0.717, 1.165) is 44.9 Å². The van der Waals surface area contributed by atoms with E-state index in [-0.39, 0.29) is 18.9 Å². The van der Waals surface area contributed by atoms with Crippen molar-refractivity contribution in [3.05, 3.63) is 12.2 Å². The Labute approximate surface area is 556 Å². The predicted molar refractivity (Wildman–Crippen MR) is 360 cm³/mol. The molecule has 3 heterocycles. The lowest BCUT2D eigenvalue weighted by atomic mass is 9.96. The number of aliphatic hydroxyl groups excluding tert-OH is 11. The van der Waals surface area contributed by atoms with Gasteiger partial charge in [-0.2, -0.15) is 0 Å². The molecule has 17 unspecified atom stereocenters. The summed E-state index contributed by atoms with van der Waals surface area (Å²) in [4.78, 5) is 13.4. The largest absolute Gasteiger partial charge is 0.394 e. The topological polar surface area (TPSA) is 307 Å². The summed E-state index contributed by atoms with van der Waals surface area (Å²) in [5, 5.41) is 121. The first-order chi connectivity index (χ1) is 44.8. The minimum Gasteiger partial charge on any atom is -0.394 e. The van der Waals surface area contributed by atoms with Crippen LogP contribution in [0, 0.1) is 0 Å². The zero-order valence-corrected chi connectivity index (χ0v) is 57.8. The van der Waals surface area contributed by atoms with E-state index in [1.807, 2.05) is 6.08 Å². The lowest BCUT2D eigenvalue weighted by Gasteiger charge is -2.48. The first-order valence-electron chi connectivity index (χ1n) is 37.9. The second kappa shape index (κ2) is 55.4. The molecule has 0 aromatic rings. The van der Waals surface area contributed by atoms with Gasteiger partial charge in [0.05, 0.1) is 38.6 Å². The van der Waals surface area contributed by atoms with E-state index in [1.165, 1.54) is 244 Å². The molecule has 0 radical (unpaired) electrons. The standard InChI is InChI=1S/C73H139NO18/c1-3-5-7-9-11-13-15-17-19-21-22-23-24-25-26-27-28-29-30-31-32-33-34-35-37-39-41-43-45-47-49-51-61(79)74-56(57(78)50-48-46-44-42-40-38-36-20-18-16-14-12-10-8-6-4-2)55-87-71-67(85)64(82)69(59(53-76)89-71)92-73-68(86)65(83)70(60(54-77)90-73)91-72-66(84)63(81)62(80)58(52-75)88-72/h48,50,56-60,62-73,75-78,80-86H,3-47,49,51-55H2,1-2H3,(H,74,79)/b50-48+. The molecule has 0 aromatic heterocycles. The Bertz CT molecular complexity index is 1720. The van der Waals surface area contributed by atoms with Crippen molar-refractivity contribution in [2.75, 3.05) is 26.4 Å². The maximum Gasteiger partial charge on any atom is 0.220 e. The summed E-state index contributed by atoms with van der Waals surface area (Å²) in [6.07, 6.45) is 36.4. The van der Waals surface area contributed by atoms with Crippen LogP contribution in [0.4, 0.5) is 0 Å². The highest BCUT2D eigenvalue weighted by molar-refractivity contribution is 5.76. The van der Waals surface area contributed by atoms with E-state index < -0.39 is 124 Å². The normalized spacial score (nSPS) is 27.7. The van der Waals surface area contributed by atoms with Gasteiger partial charge in [-0.25, -0.2) is 0 Å². The Balaban J connectivity index is 1.36. The van der Waals surface area contributed by atoms with Gasteiger partial charge in [-0.1, -0.05) is 302 Å². The minimum absolute atomic E-state index is 0.250. The quantitative estimate of drug-likeness (QED) is 0.0199. The van der Waals surface area contributed by atoms with Crippen molar-refractivity contribution in [2.45, 2.75) is 420 Å². The molecule has 12 N–H and O–H groups in total. The molecule has 3 rings (SSSR count). The molecular weight excluding hydrogens is 1180 g/mol. The smallest absolute Gasteiger partial charge is 0.220 e. The van der Waals surface area contributed by atoms with E-state index in [1.54, 1.807) is 6.08 Å². The van der Waals surface area contributed by atoms with Crippen LogP contribution in [0.25, 0.3) is 0 Å². The molecule has 17 atom stereocenters. The van der Waals surface area contributed by atoms with Crippen LogP contribution in [-0.4, -0.2) is 193 Å². The number of hydrogen-bond donors (Lipinski definition) is 12. The Kier molecular flexibility index (Phi) is 51.0. The maximum atomic E-state index is 13.4. The number of carbonyl (C=O) groups excluding carboxylic acids is 1. The summed E-state index contributed by atoms with van der Waals surface area (Å²) in [6.45, 7) is 1.78. The summed E-state index contributed by atoms with van der Waals surface area (Å²) < 4.78 is 34.4. The molecule has 19 nitrogen and oxygen atoms in total. The average molecular weight is 1320 g/mol. The van der Waals surface area contributed by atoms with E-state index in [4.69, 9.17) is 28.4 Å². The highest BCUT2D eigenvalue weighted by Gasteiger charge is 2.53. The molecule has 0 bridgehead atoms. The van der Waals surface area contributed by atoms with Crippen molar-refractivity contribution in [3.8, 4) is 0 Å². The van der Waals surface area contributed by atoms with Crippen LogP contribution < -0.4 is 5.32 Å². The number of ether oxygens (including phenoxy) is 6. The monoisotopic (exact) mass is 1320 g/mol. The Morgan fingerprint density at radius 2 is 0.674 bits per heavy atom. The van der Waals surface area contributed by atoms with Gasteiger partial charge < -0.3 is 89.9 Å². The molecule has 0 aromatic carbocycles. The SMILES string of the molecule is CCCCCCCCCCCCCCCC/C=C/C(O)C(COC1OC(CO)C(OC2OC(CO)C(OC3OC(CO)C(O)C(O)C3O)C(O)C2O)C(O)C1O)NC(=O)CCCCCCCCCCCCCCCCCCCCCCCCCCCCCCCCC. The van der Waals surface area contributed by atoms with E-state index in [2.05, 4.69) is 19.2 Å². The molecule has 0 spiro atoms. The van der Waals surface area contributed by atoms with Crippen molar-refractivity contribution < 1.29 is 89.4 Å². The zero-order chi connectivity index (χ0) is 66.8. The summed E-state index contributed by atoms with van der Waals surface area (Å²) in [6, 6.07) is -0.969. The second-order valence-electron chi connectivity index (χ2n) is 27.5. The molecule has 3 aliphatic heterocycles. The van der Waals surface area contributed by atoms with Crippen molar-refractivity contribution in [1.29, 1.82) is 0 Å². The summed E-state index contributed by atoms with van der Waals surface area (Å²) in [5.74, 6) is -0.268. The second-order valence-corrected chi connectivity index (χ2v) is 27.5. The molecule has 0 aliphatic carbocycles. The molecular formula is C73H139NO18. The highest BCUT2D eigenvalue weighted by Crippen LogP contribution is 2.33. The van der Waals surface area contributed by atoms with Crippen molar-refractivity contribution in [3.63, 3.8) is 0 Å². The predicted octanol–water partition coefficient (Wildman–Crippen LogP) is 11.2. The zero-order valence-electron chi connectivity index (χ0n) is 57.8. The van der Waals surface area contributed by atoms with Crippen LogP contribution in [0.5, 0.6) is 0 Å². The third kappa shape index (κ3) is 36.4. The van der Waals surface area contributed by atoms with E-state index >= 15 is 0 Å². The van der Waals surface area contributed by atoms with Gasteiger partial charge in [0.25, 0.3) is 0 Å². The van der Waals surface area contributed by atoms with Gasteiger partial charge in [0.1, 0.15) is 73.2 Å². The molecule has 19 heteroatoms. The summed E-state index contributed by atoms with van der Waals surface area (Å²) in [7, 11) is 0. The van der Waals surface area contributed by atoms with Crippen molar-refractivity contribution >= 4 is 5.91 Å². The van der Waals surface area contributed by atoms with Gasteiger partial charge in [0.15, 0.2) is 18.9 Å². The number of allylic oxidation sites excluding steroid dienone is 1. The first-order valence-corrected chi connectivity index (χ1v) is 37.9. The van der Waals surface area contributed by atoms with Gasteiger partial charge in [-0.3, -0.25) is 4.79 Å². The molecule has 1 amide bonds. The molecule has 544 valence electrons. The first kappa shape index (κ1) is 84.8. The van der Waals surface area contributed by atoms with Gasteiger partial charge in [-0.05, 0) is 19.3 Å². The Morgan fingerprint density at radius 1 is 0.380 bits per heavy atom.